The molecule has 1 atom stereocenters. The second-order valence-electron chi connectivity index (χ2n) is 4.01. The number of anilines is 1. The Labute approximate surface area is 91.0 Å². The number of rotatable bonds is 4. The van der Waals surface area contributed by atoms with Crippen LogP contribution >= 0.6 is 0 Å². The van der Waals surface area contributed by atoms with E-state index in [-0.39, 0.29) is 6.10 Å². The number of hydrogen-bond donors (Lipinski definition) is 1. The highest BCUT2D eigenvalue weighted by molar-refractivity contribution is 5.30. The fourth-order valence-electron chi connectivity index (χ4n) is 1.36. The summed E-state index contributed by atoms with van der Waals surface area (Å²) < 4.78 is 0. The normalized spacial score (nSPS) is 12.6. The Morgan fingerprint density at radius 2 is 1.87 bits per heavy atom. The topological polar surface area (TPSA) is 49.2 Å². The smallest absolute Gasteiger partial charge is 0.225 e. The number of aromatic nitrogens is 2. The van der Waals surface area contributed by atoms with E-state index in [9.17, 15) is 5.11 Å². The molecular formula is C11H19N3O. The number of nitrogens with zero attached hydrogens (tertiary/aromatic N) is 3. The lowest BCUT2D eigenvalue weighted by Gasteiger charge is -2.18. The van der Waals surface area contributed by atoms with Gasteiger partial charge < -0.3 is 10.0 Å². The Balaban J connectivity index is 2.68. The Hall–Kier alpha value is -1.16. The minimum Gasteiger partial charge on any atom is -0.393 e. The van der Waals surface area contributed by atoms with Gasteiger partial charge in [0.1, 0.15) is 0 Å². The van der Waals surface area contributed by atoms with Gasteiger partial charge in [0.05, 0.1) is 6.10 Å². The first-order chi connectivity index (χ1) is 6.99. The van der Waals surface area contributed by atoms with Crippen molar-refractivity contribution in [1.29, 1.82) is 0 Å². The summed E-state index contributed by atoms with van der Waals surface area (Å²) in [7, 11) is 1.94. The van der Waals surface area contributed by atoms with E-state index < -0.39 is 0 Å². The fraction of sp³-hybridized carbons (Fsp3) is 0.636. The van der Waals surface area contributed by atoms with E-state index >= 15 is 0 Å². The molecule has 84 valence electrons. The second-order valence-corrected chi connectivity index (χ2v) is 4.01. The molecule has 0 spiro atoms. The SMILES string of the molecule is Cc1cc(C)nc(N(C)CCC(C)O)n1. The van der Waals surface area contributed by atoms with Crippen LogP contribution in [0.15, 0.2) is 6.07 Å². The molecule has 0 bridgehead atoms. The van der Waals surface area contributed by atoms with Crippen molar-refractivity contribution in [2.75, 3.05) is 18.5 Å². The zero-order valence-corrected chi connectivity index (χ0v) is 9.86. The molecule has 1 aromatic rings. The number of aliphatic hydroxyl groups excluding tert-OH is 1. The highest BCUT2D eigenvalue weighted by Gasteiger charge is 2.06. The van der Waals surface area contributed by atoms with Gasteiger partial charge in [0.2, 0.25) is 5.95 Å². The molecular weight excluding hydrogens is 190 g/mol. The maximum absolute atomic E-state index is 9.19. The van der Waals surface area contributed by atoms with Crippen molar-refractivity contribution in [3.63, 3.8) is 0 Å². The molecule has 1 rings (SSSR count). The van der Waals surface area contributed by atoms with Gasteiger partial charge in [-0.05, 0) is 33.3 Å². The van der Waals surface area contributed by atoms with Gasteiger partial charge in [-0.15, -0.1) is 0 Å². The summed E-state index contributed by atoms with van der Waals surface area (Å²) in [5, 5.41) is 9.19. The predicted molar refractivity (Wildman–Crippen MR) is 61.1 cm³/mol. The third-order valence-electron chi connectivity index (χ3n) is 2.19. The Morgan fingerprint density at radius 1 is 1.33 bits per heavy atom. The van der Waals surface area contributed by atoms with E-state index in [0.29, 0.717) is 0 Å². The van der Waals surface area contributed by atoms with Crippen molar-refractivity contribution in [2.45, 2.75) is 33.3 Å². The van der Waals surface area contributed by atoms with Crippen LogP contribution in [0.5, 0.6) is 0 Å². The molecule has 0 aliphatic rings. The third-order valence-corrected chi connectivity index (χ3v) is 2.19. The number of aliphatic hydroxyl groups is 1. The van der Waals surface area contributed by atoms with Crippen LogP contribution < -0.4 is 4.90 Å². The summed E-state index contributed by atoms with van der Waals surface area (Å²) >= 11 is 0. The quantitative estimate of drug-likeness (QED) is 0.812. The van der Waals surface area contributed by atoms with Crippen molar-refractivity contribution in [3.8, 4) is 0 Å². The van der Waals surface area contributed by atoms with E-state index in [1.54, 1.807) is 6.92 Å². The van der Waals surface area contributed by atoms with Crippen LogP contribution in [0.2, 0.25) is 0 Å². The molecule has 1 unspecified atom stereocenters. The highest BCUT2D eigenvalue weighted by Crippen LogP contribution is 2.08. The van der Waals surface area contributed by atoms with Crippen LogP contribution in [-0.4, -0.2) is 34.8 Å². The molecule has 4 heteroatoms. The van der Waals surface area contributed by atoms with Crippen LogP contribution in [0.1, 0.15) is 24.7 Å². The van der Waals surface area contributed by atoms with E-state index in [1.807, 2.05) is 31.9 Å². The average molecular weight is 209 g/mol. The molecule has 1 heterocycles. The van der Waals surface area contributed by atoms with Gasteiger partial charge in [-0.3, -0.25) is 0 Å². The summed E-state index contributed by atoms with van der Waals surface area (Å²) in [5.74, 6) is 0.730. The highest BCUT2D eigenvalue weighted by atomic mass is 16.3. The summed E-state index contributed by atoms with van der Waals surface area (Å²) in [4.78, 5) is 10.7. The Bertz CT molecular complexity index is 305. The first-order valence-corrected chi connectivity index (χ1v) is 5.20. The summed E-state index contributed by atoms with van der Waals surface area (Å²) in [5.41, 5.74) is 1.95. The van der Waals surface area contributed by atoms with Gasteiger partial charge in [0, 0.05) is 25.0 Å². The van der Waals surface area contributed by atoms with Gasteiger partial charge >= 0.3 is 0 Å². The van der Waals surface area contributed by atoms with E-state index in [2.05, 4.69) is 9.97 Å². The lowest BCUT2D eigenvalue weighted by atomic mass is 10.3. The van der Waals surface area contributed by atoms with Crippen LogP contribution in [0.4, 0.5) is 5.95 Å². The fourth-order valence-corrected chi connectivity index (χ4v) is 1.36. The minimum absolute atomic E-state index is 0.279. The molecule has 0 aromatic carbocycles. The maximum Gasteiger partial charge on any atom is 0.225 e. The van der Waals surface area contributed by atoms with Crippen LogP contribution in [-0.2, 0) is 0 Å². The van der Waals surface area contributed by atoms with Crippen molar-refractivity contribution < 1.29 is 5.11 Å². The van der Waals surface area contributed by atoms with Crippen molar-refractivity contribution in [3.05, 3.63) is 17.5 Å². The summed E-state index contributed by atoms with van der Waals surface area (Å²) in [6.07, 6.45) is 0.450. The van der Waals surface area contributed by atoms with Gasteiger partial charge in [0.15, 0.2) is 0 Å². The first kappa shape index (κ1) is 11.9. The molecule has 4 nitrogen and oxygen atoms in total. The molecule has 0 saturated carbocycles. The molecule has 0 radical (unpaired) electrons. The predicted octanol–water partition coefficient (Wildman–Crippen LogP) is 1.30. The largest absolute Gasteiger partial charge is 0.393 e. The summed E-state index contributed by atoms with van der Waals surface area (Å²) in [6.45, 7) is 6.47. The minimum atomic E-state index is -0.279. The van der Waals surface area contributed by atoms with E-state index in [1.165, 1.54) is 0 Å². The molecule has 1 aromatic heterocycles. The standard InChI is InChI=1S/C11H19N3O/c1-8-7-9(2)13-11(12-8)14(4)6-5-10(3)15/h7,10,15H,5-6H2,1-4H3. The molecule has 0 amide bonds. The molecule has 1 N–H and O–H groups in total. The van der Waals surface area contributed by atoms with E-state index in [0.717, 1.165) is 30.3 Å². The molecule has 15 heavy (non-hydrogen) atoms. The monoisotopic (exact) mass is 209 g/mol. The Kier molecular flexibility index (Phi) is 4.03. The van der Waals surface area contributed by atoms with E-state index in [4.69, 9.17) is 0 Å². The van der Waals surface area contributed by atoms with Crippen molar-refractivity contribution >= 4 is 5.95 Å². The first-order valence-electron chi connectivity index (χ1n) is 5.20. The van der Waals surface area contributed by atoms with Crippen LogP contribution in [0, 0.1) is 13.8 Å². The molecule has 0 aliphatic carbocycles. The van der Waals surface area contributed by atoms with Gasteiger partial charge in [-0.2, -0.15) is 0 Å². The molecule has 0 aliphatic heterocycles. The van der Waals surface area contributed by atoms with Gasteiger partial charge in [0.25, 0.3) is 0 Å². The maximum atomic E-state index is 9.19. The average Bonchev–Trinajstić information content (AvgIpc) is 2.12. The zero-order valence-electron chi connectivity index (χ0n) is 9.86. The second kappa shape index (κ2) is 5.07. The van der Waals surface area contributed by atoms with Gasteiger partial charge in [-0.1, -0.05) is 0 Å². The third kappa shape index (κ3) is 3.83. The van der Waals surface area contributed by atoms with Crippen molar-refractivity contribution in [1.82, 2.24) is 9.97 Å². The van der Waals surface area contributed by atoms with Crippen LogP contribution in [0.3, 0.4) is 0 Å². The summed E-state index contributed by atoms with van der Waals surface area (Å²) in [6, 6.07) is 1.95. The molecule has 0 saturated heterocycles. The van der Waals surface area contributed by atoms with Crippen molar-refractivity contribution in [2.24, 2.45) is 0 Å². The lowest BCUT2D eigenvalue weighted by Crippen LogP contribution is -2.24. The number of hydrogen-bond acceptors (Lipinski definition) is 4. The van der Waals surface area contributed by atoms with Crippen LogP contribution in [0.25, 0.3) is 0 Å². The lowest BCUT2D eigenvalue weighted by molar-refractivity contribution is 0.186. The Morgan fingerprint density at radius 3 is 2.33 bits per heavy atom. The zero-order chi connectivity index (χ0) is 11.4. The van der Waals surface area contributed by atoms with Gasteiger partial charge in [-0.25, -0.2) is 9.97 Å². The molecule has 0 fully saturated rings. The number of aryl methyl sites for hydroxylation is 2.